The lowest BCUT2D eigenvalue weighted by atomic mass is 10.2. The normalized spacial score (nSPS) is 12.2. The minimum Gasteiger partial charge on any atom is -0.481 e. The van der Waals surface area contributed by atoms with Crippen LogP contribution >= 0.6 is 0 Å². The molecular weight excluding hydrogens is 264 g/mol. The summed E-state index contributed by atoms with van der Waals surface area (Å²) in [6.45, 7) is 10.7. The summed E-state index contributed by atoms with van der Waals surface area (Å²) >= 11 is 0. The molecule has 0 aliphatic heterocycles. The summed E-state index contributed by atoms with van der Waals surface area (Å²) in [6, 6.07) is 7.88. The van der Waals surface area contributed by atoms with Gasteiger partial charge in [0.15, 0.2) is 6.10 Å². The first-order valence-electron chi connectivity index (χ1n) is 7.77. The maximum Gasteiger partial charge on any atom is 0.260 e. The van der Waals surface area contributed by atoms with Gasteiger partial charge in [-0.05, 0) is 43.5 Å². The molecule has 1 amide bonds. The Morgan fingerprint density at radius 2 is 1.86 bits per heavy atom. The Labute approximate surface area is 128 Å². The van der Waals surface area contributed by atoms with Crippen molar-refractivity contribution in [3.63, 3.8) is 0 Å². The van der Waals surface area contributed by atoms with E-state index in [1.165, 1.54) is 5.56 Å². The molecule has 2 N–H and O–H groups in total. The van der Waals surface area contributed by atoms with E-state index in [0.717, 1.165) is 25.3 Å². The van der Waals surface area contributed by atoms with Gasteiger partial charge in [-0.2, -0.15) is 0 Å². The maximum atomic E-state index is 11.7. The summed E-state index contributed by atoms with van der Waals surface area (Å²) in [5, 5.41) is 6.23. The highest BCUT2D eigenvalue weighted by Gasteiger charge is 2.13. The number of nitrogens with one attached hydrogen (secondary N) is 2. The molecular formula is C17H28N2O2. The van der Waals surface area contributed by atoms with Crippen molar-refractivity contribution in [2.75, 3.05) is 13.1 Å². The molecule has 0 saturated heterocycles. The zero-order valence-electron chi connectivity index (χ0n) is 13.6. The number of benzene rings is 1. The second kappa shape index (κ2) is 9.40. The minimum absolute atomic E-state index is 0.0699. The van der Waals surface area contributed by atoms with Crippen LogP contribution in [-0.2, 0) is 11.3 Å². The quantitative estimate of drug-likeness (QED) is 0.736. The van der Waals surface area contributed by atoms with Crippen molar-refractivity contribution >= 4 is 5.91 Å². The summed E-state index contributed by atoms with van der Waals surface area (Å²) in [5.74, 6) is 1.30. The van der Waals surface area contributed by atoms with Gasteiger partial charge in [-0.3, -0.25) is 4.79 Å². The van der Waals surface area contributed by atoms with E-state index in [-0.39, 0.29) is 5.91 Å². The fourth-order valence-corrected chi connectivity index (χ4v) is 1.84. The molecule has 4 nitrogen and oxygen atoms in total. The molecule has 0 aliphatic carbocycles. The first-order chi connectivity index (χ1) is 10.0. The molecule has 0 fully saturated rings. The molecule has 0 heterocycles. The van der Waals surface area contributed by atoms with E-state index < -0.39 is 6.10 Å². The standard InChI is InChI=1S/C17H28N2O2/c1-5-10-19-17(20)14(4)21-16-8-6-15(7-9-16)12-18-11-13(2)3/h6-9,13-14,18H,5,10-12H2,1-4H3,(H,19,20). The molecule has 0 spiro atoms. The van der Waals surface area contributed by atoms with E-state index in [1.807, 2.05) is 31.2 Å². The number of hydrogen-bond acceptors (Lipinski definition) is 3. The van der Waals surface area contributed by atoms with Crippen LogP contribution in [-0.4, -0.2) is 25.1 Å². The zero-order chi connectivity index (χ0) is 15.7. The van der Waals surface area contributed by atoms with Gasteiger partial charge in [0.2, 0.25) is 0 Å². The summed E-state index contributed by atoms with van der Waals surface area (Å²) < 4.78 is 5.64. The average Bonchev–Trinajstić information content (AvgIpc) is 2.46. The van der Waals surface area contributed by atoms with E-state index in [9.17, 15) is 4.79 Å². The van der Waals surface area contributed by atoms with Crippen LogP contribution < -0.4 is 15.4 Å². The van der Waals surface area contributed by atoms with E-state index in [1.54, 1.807) is 6.92 Å². The predicted molar refractivity (Wildman–Crippen MR) is 86.4 cm³/mol. The van der Waals surface area contributed by atoms with Gasteiger partial charge >= 0.3 is 0 Å². The summed E-state index contributed by atoms with van der Waals surface area (Å²) in [4.78, 5) is 11.7. The Kier molecular flexibility index (Phi) is 7.83. The Balaban J connectivity index is 2.41. The van der Waals surface area contributed by atoms with Crippen LogP contribution in [0.1, 0.15) is 39.7 Å². The van der Waals surface area contributed by atoms with Crippen molar-refractivity contribution in [1.29, 1.82) is 0 Å². The highest BCUT2D eigenvalue weighted by molar-refractivity contribution is 5.80. The monoisotopic (exact) mass is 292 g/mol. The van der Waals surface area contributed by atoms with Crippen molar-refractivity contribution in [2.45, 2.75) is 46.8 Å². The lowest BCUT2D eigenvalue weighted by molar-refractivity contribution is -0.127. The van der Waals surface area contributed by atoms with Gasteiger partial charge in [0.25, 0.3) is 5.91 Å². The van der Waals surface area contributed by atoms with Crippen molar-refractivity contribution in [1.82, 2.24) is 10.6 Å². The lowest BCUT2D eigenvalue weighted by Crippen LogP contribution is -2.36. The number of carbonyl (C=O) groups is 1. The van der Waals surface area contributed by atoms with E-state index in [4.69, 9.17) is 4.74 Å². The first-order valence-corrected chi connectivity index (χ1v) is 7.77. The largest absolute Gasteiger partial charge is 0.481 e. The van der Waals surface area contributed by atoms with Crippen molar-refractivity contribution < 1.29 is 9.53 Å². The molecule has 1 aromatic rings. The summed E-state index contributed by atoms with van der Waals surface area (Å²) in [7, 11) is 0. The highest BCUT2D eigenvalue weighted by atomic mass is 16.5. The maximum absolute atomic E-state index is 11.7. The van der Waals surface area contributed by atoms with Gasteiger partial charge < -0.3 is 15.4 Å². The molecule has 21 heavy (non-hydrogen) atoms. The molecule has 0 bridgehead atoms. The minimum atomic E-state index is -0.471. The van der Waals surface area contributed by atoms with Gasteiger partial charge in [-0.1, -0.05) is 32.9 Å². The number of rotatable bonds is 9. The SMILES string of the molecule is CCCNC(=O)C(C)Oc1ccc(CNCC(C)C)cc1. The van der Waals surface area contributed by atoms with Gasteiger partial charge in [0.05, 0.1) is 0 Å². The average molecular weight is 292 g/mol. The molecule has 118 valence electrons. The lowest BCUT2D eigenvalue weighted by Gasteiger charge is -2.15. The Morgan fingerprint density at radius 3 is 2.43 bits per heavy atom. The van der Waals surface area contributed by atoms with Gasteiger partial charge in [0.1, 0.15) is 5.75 Å². The van der Waals surface area contributed by atoms with Crippen LogP contribution in [0.5, 0.6) is 5.75 Å². The zero-order valence-corrected chi connectivity index (χ0v) is 13.6. The van der Waals surface area contributed by atoms with E-state index in [0.29, 0.717) is 12.5 Å². The van der Waals surface area contributed by atoms with Gasteiger partial charge in [-0.25, -0.2) is 0 Å². The topological polar surface area (TPSA) is 50.4 Å². The Hall–Kier alpha value is -1.55. The van der Waals surface area contributed by atoms with Crippen LogP contribution in [0, 0.1) is 5.92 Å². The Morgan fingerprint density at radius 1 is 1.19 bits per heavy atom. The second-order valence-electron chi connectivity index (χ2n) is 5.72. The van der Waals surface area contributed by atoms with Crippen LogP contribution in [0.2, 0.25) is 0 Å². The fourth-order valence-electron chi connectivity index (χ4n) is 1.84. The van der Waals surface area contributed by atoms with E-state index >= 15 is 0 Å². The number of carbonyl (C=O) groups excluding carboxylic acids is 1. The number of ether oxygens (including phenoxy) is 1. The predicted octanol–water partition coefficient (Wildman–Crippen LogP) is 2.73. The molecule has 0 radical (unpaired) electrons. The van der Waals surface area contributed by atoms with Crippen molar-refractivity contribution in [3.05, 3.63) is 29.8 Å². The molecule has 1 atom stereocenters. The molecule has 1 unspecified atom stereocenters. The van der Waals surface area contributed by atoms with Crippen molar-refractivity contribution in [3.8, 4) is 5.75 Å². The number of hydrogen-bond donors (Lipinski definition) is 2. The van der Waals surface area contributed by atoms with Crippen LogP contribution in [0.25, 0.3) is 0 Å². The third-order valence-corrected chi connectivity index (χ3v) is 3.04. The third kappa shape index (κ3) is 7.14. The van der Waals surface area contributed by atoms with Gasteiger partial charge in [-0.15, -0.1) is 0 Å². The third-order valence-electron chi connectivity index (χ3n) is 3.04. The van der Waals surface area contributed by atoms with E-state index in [2.05, 4.69) is 24.5 Å². The fraction of sp³-hybridized carbons (Fsp3) is 0.588. The molecule has 0 aliphatic rings. The van der Waals surface area contributed by atoms with Crippen LogP contribution in [0.3, 0.4) is 0 Å². The van der Waals surface area contributed by atoms with Crippen LogP contribution in [0.15, 0.2) is 24.3 Å². The van der Waals surface area contributed by atoms with Crippen molar-refractivity contribution in [2.24, 2.45) is 5.92 Å². The number of amides is 1. The first kappa shape index (κ1) is 17.5. The molecule has 0 aromatic heterocycles. The van der Waals surface area contributed by atoms with Crippen LogP contribution in [0.4, 0.5) is 0 Å². The molecule has 1 rings (SSSR count). The smallest absolute Gasteiger partial charge is 0.260 e. The molecule has 4 heteroatoms. The second-order valence-corrected chi connectivity index (χ2v) is 5.72. The molecule has 0 saturated carbocycles. The Bertz CT molecular complexity index is 415. The summed E-state index contributed by atoms with van der Waals surface area (Å²) in [5.41, 5.74) is 1.21. The van der Waals surface area contributed by atoms with Gasteiger partial charge in [0, 0.05) is 13.1 Å². The molecule has 1 aromatic carbocycles. The highest BCUT2D eigenvalue weighted by Crippen LogP contribution is 2.14. The summed E-state index contributed by atoms with van der Waals surface area (Å²) in [6.07, 6.45) is 0.456.